The van der Waals surface area contributed by atoms with E-state index < -0.39 is 123 Å². The fourth-order valence-corrected chi connectivity index (χ4v) is 12.6. The highest BCUT2D eigenvalue weighted by Crippen LogP contribution is 2.43. The molecule has 6 aromatic carbocycles. The molecule has 0 radical (unpaired) electrons. The van der Waals surface area contributed by atoms with Crippen molar-refractivity contribution in [2.75, 3.05) is 33.0 Å². The Labute approximate surface area is 557 Å². The molecule has 6 aromatic rings. The van der Waals surface area contributed by atoms with Gasteiger partial charge >= 0.3 is 11.9 Å². The minimum absolute atomic E-state index is 0.00783. The molecule has 4 saturated heterocycles. The zero-order valence-electron chi connectivity index (χ0n) is 55.0. The van der Waals surface area contributed by atoms with Crippen molar-refractivity contribution in [3.05, 3.63) is 226 Å². The first kappa shape index (κ1) is 70.8. The van der Waals surface area contributed by atoms with Crippen LogP contribution in [0.4, 0.5) is 0 Å². The molecule has 10 rings (SSSR count). The van der Waals surface area contributed by atoms with E-state index in [2.05, 4.69) is 23.9 Å². The molecule has 508 valence electrons. The van der Waals surface area contributed by atoms with Gasteiger partial charge in [-0.15, -0.1) is 0 Å². The molecule has 20 atom stereocenters. The van der Waals surface area contributed by atoms with Gasteiger partial charge in [0.05, 0.1) is 81.8 Å². The summed E-state index contributed by atoms with van der Waals surface area (Å²) in [6.45, 7) is 13.0. The molecule has 95 heavy (non-hydrogen) atoms. The second-order valence-electron chi connectivity index (χ2n) is 25.1. The van der Waals surface area contributed by atoms with Crippen LogP contribution in [-0.4, -0.2) is 142 Å². The number of aliphatic hydroxyl groups excluding tert-OH is 1. The summed E-state index contributed by atoms with van der Waals surface area (Å²) in [5.41, 5.74) is 13.6. The first-order chi connectivity index (χ1) is 46.4. The molecular weight excluding hydrogens is 1210 g/mol. The second kappa shape index (κ2) is 35.9. The average molecular weight is 1310 g/mol. The molecule has 4 aliphatic rings. The van der Waals surface area contributed by atoms with Crippen LogP contribution in [0.2, 0.25) is 0 Å². The van der Waals surface area contributed by atoms with Gasteiger partial charge in [0.1, 0.15) is 43.2 Å². The van der Waals surface area contributed by atoms with Crippen molar-refractivity contribution in [2.45, 2.75) is 173 Å². The topological polar surface area (TPSA) is 232 Å². The Hall–Kier alpha value is -6.95. The van der Waals surface area contributed by atoms with E-state index in [0.29, 0.717) is 25.2 Å². The van der Waals surface area contributed by atoms with Gasteiger partial charge in [0.2, 0.25) is 0 Å². The molecule has 0 aliphatic carbocycles. The smallest absolute Gasteiger partial charge is 0.338 e. The van der Waals surface area contributed by atoms with Gasteiger partial charge in [-0.1, -0.05) is 204 Å². The maximum atomic E-state index is 14.6. The summed E-state index contributed by atoms with van der Waals surface area (Å²) < 4.78 is 96.4. The first-order valence-corrected chi connectivity index (χ1v) is 33.3. The van der Waals surface area contributed by atoms with Crippen LogP contribution in [-0.2, 0) is 92.7 Å². The number of hydrogen-bond acceptors (Lipinski definition) is 18. The van der Waals surface area contributed by atoms with Crippen molar-refractivity contribution in [3.8, 4) is 0 Å². The highest BCUT2D eigenvalue weighted by atomic mass is 16.8. The number of carbonyl (C=O) groups excluding carboxylic acids is 2. The van der Waals surface area contributed by atoms with Crippen LogP contribution in [0.15, 0.2) is 187 Å². The largest absolute Gasteiger partial charge is 0.459 e. The van der Waals surface area contributed by atoms with Crippen LogP contribution < -0.4 is 0 Å². The molecule has 0 amide bonds. The molecule has 4 aliphatic heterocycles. The molecular formula is C75H91N3O17. The van der Waals surface area contributed by atoms with Crippen LogP contribution in [0, 0.1) is 29.6 Å². The number of hydrogen-bond donors (Lipinski definition) is 1. The summed E-state index contributed by atoms with van der Waals surface area (Å²) in [5, 5.41) is 15.2. The Morgan fingerprint density at radius 2 is 0.874 bits per heavy atom. The van der Waals surface area contributed by atoms with E-state index in [1.807, 2.05) is 149 Å². The molecule has 0 spiro atoms. The van der Waals surface area contributed by atoms with E-state index in [1.54, 1.807) is 60.7 Å². The predicted molar refractivity (Wildman–Crippen MR) is 351 cm³/mol. The summed E-state index contributed by atoms with van der Waals surface area (Å²) in [4.78, 5) is 31.5. The molecule has 0 aromatic heterocycles. The van der Waals surface area contributed by atoms with Crippen LogP contribution in [0.5, 0.6) is 0 Å². The number of nitrogens with zero attached hydrogens (tertiary/aromatic N) is 3. The van der Waals surface area contributed by atoms with Crippen LogP contribution >= 0.6 is 0 Å². The third-order valence-corrected chi connectivity index (χ3v) is 18.5. The van der Waals surface area contributed by atoms with Crippen LogP contribution in [0.25, 0.3) is 10.4 Å². The quantitative estimate of drug-likeness (QED) is 0.0140. The van der Waals surface area contributed by atoms with Crippen LogP contribution in [0.3, 0.4) is 0 Å². The molecule has 20 heteroatoms. The number of ether oxygens (including phenoxy) is 14. The van der Waals surface area contributed by atoms with E-state index >= 15 is 0 Å². The van der Waals surface area contributed by atoms with Crippen molar-refractivity contribution >= 4 is 11.9 Å². The third-order valence-electron chi connectivity index (χ3n) is 18.5. The van der Waals surface area contributed by atoms with Gasteiger partial charge in [0.15, 0.2) is 31.3 Å². The summed E-state index contributed by atoms with van der Waals surface area (Å²) in [7, 11) is 0. The SMILES string of the molecule is CCC1O[C@@H](O[C@@H]2C(OC(=O)c3ccccc3)[C@H](OCCCN=[N+]=[N-])OC(COC(=O)c3ccccc3)[C@@H]2O[C@@H]2OC(COCc3ccccc3)[C@@H](O[C@@H]3OC(COCc4ccccc4)[C@H](OCc4ccccc4)[C@H](C)C3OCc3ccccc3)[C@H](C)C2C)C(C)[C@H](C)[C@@H]1O. The summed E-state index contributed by atoms with van der Waals surface area (Å²) in [5.74, 6) is -3.27. The van der Waals surface area contributed by atoms with Crippen molar-refractivity contribution < 1.29 is 81.0 Å². The van der Waals surface area contributed by atoms with Gasteiger partial charge in [-0.25, -0.2) is 9.59 Å². The lowest BCUT2D eigenvalue weighted by Gasteiger charge is -2.52. The Morgan fingerprint density at radius 3 is 1.41 bits per heavy atom. The van der Waals surface area contributed by atoms with Crippen molar-refractivity contribution in [1.29, 1.82) is 0 Å². The Bertz CT molecular complexity index is 3270. The van der Waals surface area contributed by atoms with E-state index in [9.17, 15) is 14.7 Å². The maximum Gasteiger partial charge on any atom is 0.338 e. The lowest BCUT2D eigenvalue weighted by atomic mass is 9.83. The van der Waals surface area contributed by atoms with Gasteiger partial charge in [0.25, 0.3) is 0 Å². The van der Waals surface area contributed by atoms with Gasteiger partial charge in [-0.3, -0.25) is 0 Å². The molecule has 4 fully saturated rings. The van der Waals surface area contributed by atoms with E-state index in [1.165, 1.54) is 0 Å². The summed E-state index contributed by atoms with van der Waals surface area (Å²) >= 11 is 0. The Kier molecular flexibility index (Phi) is 26.7. The standard InChI is InChI=1S/C75H91N3O17/c1-7-59-63(79)48(2)50(4)72(88-59)95-68-67(62(47-87-70(80)57-35-22-12-23-36-57)90-74(84-40-26-39-77-78-76)69(68)92-71(81)58-37-24-13-25-38-58)94-73-51(5)49(3)65(61(89-73)46-83-42-54-29-16-9-17-30-54)93-75-66(86-44-56-33-20-11-21-34-56)52(6)64(85-43-55-31-18-10-19-32-55)60(91-75)45-82-41-53-27-14-8-15-28-53/h8-25,27-38,48-52,59-69,72-75,79H,7,26,39-47H2,1-6H3/t48-,49+,50?,51?,52-,59?,60?,61?,62?,63-,64+,65-,66?,67-,68-,69?,72-,73-,74+,75-/m0/s1. The first-order valence-electron chi connectivity index (χ1n) is 33.3. The fraction of sp³-hybridized carbons (Fsp3) is 0.493. The molecule has 0 bridgehead atoms. The molecule has 0 saturated carbocycles. The molecule has 1 N–H and O–H groups in total. The Balaban J connectivity index is 1.01. The number of carbonyl (C=O) groups is 2. The van der Waals surface area contributed by atoms with E-state index in [0.717, 1.165) is 22.3 Å². The average Bonchev–Trinajstić information content (AvgIpc) is 0.775. The van der Waals surface area contributed by atoms with E-state index in [-0.39, 0.29) is 69.3 Å². The van der Waals surface area contributed by atoms with Crippen molar-refractivity contribution in [3.63, 3.8) is 0 Å². The van der Waals surface area contributed by atoms with Gasteiger partial charge in [-0.2, -0.15) is 0 Å². The predicted octanol–water partition coefficient (Wildman–Crippen LogP) is 12.4. The fourth-order valence-electron chi connectivity index (χ4n) is 12.6. The normalized spacial score (nSPS) is 30.8. The lowest BCUT2D eigenvalue weighted by Crippen LogP contribution is -2.66. The van der Waals surface area contributed by atoms with E-state index in [4.69, 9.17) is 71.8 Å². The maximum absolute atomic E-state index is 14.6. The Morgan fingerprint density at radius 1 is 0.442 bits per heavy atom. The zero-order valence-corrected chi connectivity index (χ0v) is 55.0. The second-order valence-corrected chi connectivity index (χ2v) is 25.1. The number of aliphatic hydroxyl groups is 1. The molecule has 8 unspecified atom stereocenters. The van der Waals surface area contributed by atoms with Gasteiger partial charge in [-0.05, 0) is 76.7 Å². The number of esters is 2. The number of benzene rings is 6. The summed E-state index contributed by atoms with van der Waals surface area (Å²) in [6, 6.07) is 56.8. The van der Waals surface area contributed by atoms with Crippen molar-refractivity contribution in [2.24, 2.45) is 34.7 Å². The zero-order chi connectivity index (χ0) is 66.5. The third kappa shape index (κ3) is 19.2. The lowest BCUT2D eigenvalue weighted by molar-refractivity contribution is -0.384. The highest BCUT2D eigenvalue weighted by Gasteiger charge is 2.57. The monoisotopic (exact) mass is 1310 g/mol. The van der Waals surface area contributed by atoms with Gasteiger partial charge in [0, 0.05) is 29.2 Å². The minimum Gasteiger partial charge on any atom is -0.459 e. The summed E-state index contributed by atoms with van der Waals surface area (Å²) in [6.07, 6.45) is -13.7. The minimum atomic E-state index is -1.40. The van der Waals surface area contributed by atoms with Gasteiger partial charge < -0.3 is 71.4 Å². The highest BCUT2D eigenvalue weighted by molar-refractivity contribution is 5.90. The number of azide groups is 1. The molecule has 4 heterocycles. The van der Waals surface area contributed by atoms with Crippen molar-refractivity contribution in [1.82, 2.24) is 0 Å². The molecule has 20 nitrogen and oxygen atoms in total. The van der Waals surface area contributed by atoms with Crippen LogP contribution in [0.1, 0.15) is 97.4 Å². The number of rotatable bonds is 31.